The largest absolute Gasteiger partial charge is 0.342 e. The fraction of sp³-hybridized carbons (Fsp3) is 0.611. The summed E-state index contributed by atoms with van der Waals surface area (Å²) < 4.78 is 0. The molecule has 1 amide bonds. The number of amides is 1. The summed E-state index contributed by atoms with van der Waals surface area (Å²) in [4.78, 5) is 13.8. The van der Waals surface area contributed by atoms with Gasteiger partial charge in [-0.25, -0.2) is 0 Å². The maximum absolute atomic E-state index is 11.8. The summed E-state index contributed by atoms with van der Waals surface area (Å²) >= 11 is 0. The Labute approximate surface area is 128 Å². The Hall–Kier alpha value is -1.35. The molecule has 0 spiro atoms. The van der Waals surface area contributed by atoms with Gasteiger partial charge in [-0.1, -0.05) is 32.0 Å². The number of hydrogen-bond donors (Lipinski definition) is 1. The molecule has 1 aliphatic rings. The highest BCUT2D eigenvalue weighted by atomic mass is 16.2. The monoisotopic (exact) mass is 288 g/mol. The standard InChI is InChI=1S/C18H28N2O/c1-5-18(21)20-10-9-17(14(3)12-20)19-11-16-8-6-7-13(2)15(16)4/h6-8,14,17,19H,5,9-12H2,1-4H3. The second kappa shape index (κ2) is 7.08. The van der Waals surface area contributed by atoms with E-state index in [4.69, 9.17) is 0 Å². The zero-order valence-electron chi connectivity index (χ0n) is 13.8. The van der Waals surface area contributed by atoms with Crippen LogP contribution in [0.25, 0.3) is 0 Å². The predicted molar refractivity (Wildman–Crippen MR) is 87.2 cm³/mol. The molecule has 0 bridgehead atoms. The Morgan fingerprint density at radius 2 is 2.14 bits per heavy atom. The van der Waals surface area contributed by atoms with E-state index in [1.165, 1.54) is 16.7 Å². The Morgan fingerprint density at radius 3 is 2.81 bits per heavy atom. The van der Waals surface area contributed by atoms with Gasteiger partial charge in [-0.15, -0.1) is 0 Å². The zero-order chi connectivity index (χ0) is 15.4. The van der Waals surface area contributed by atoms with Crippen LogP contribution in [0.3, 0.4) is 0 Å². The van der Waals surface area contributed by atoms with Crippen LogP contribution < -0.4 is 5.32 Å². The lowest BCUT2D eigenvalue weighted by atomic mass is 9.93. The first-order valence-corrected chi connectivity index (χ1v) is 8.09. The molecular weight excluding hydrogens is 260 g/mol. The number of nitrogens with one attached hydrogen (secondary N) is 1. The van der Waals surface area contributed by atoms with Gasteiger partial charge >= 0.3 is 0 Å². The van der Waals surface area contributed by atoms with Gasteiger partial charge in [0.05, 0.1) is 0 Å². The minimum absolute atomic E-state index is 0.287. The summed E-state index contributed by atoms with van der Waals surface area (Å²) in [5, 5.41) is 3.70. The number of carbonyl (C=O) groups excluding carboxylic acids is 1. The summed E-state index contributed by atoms with van der Waals surface area (Å²) in [7, 11) is 0. The highest BCUT2D eigenvalue weighted by Crippen LogP contribution is 2.19. The zero-order valence-corrected chi connectivity index (χ0v) is 13.8. The van der Waals surface area contributed by atoms with Gasteiger partial charge in [0.15, 0.2) is 0 Å². The number of rotatable bonds is 4. The van der Waals surface area contributed by atoms with Gasteiger partial charge in [-0.2, -0.15) is 0 Å². The van der Waals surface area contributed by atoms with E-state index in [1.807, 2.05) is 11.8 Å². The van der Waals surface area contributed by atoms with Gasteiger partial charge in [0.2, 0.25) is 5.91 Å². The van der Waals surface area contributed by atoms with Crippen molar-refractivity contribution in [3.8, 4) is 0 Å². The van der Waals surface area contributed by atoms with Crippen LogP contribution >= 0.6 is 0 Å². The van der Waals surface area contributed by atoms with Crippen molar-refractivity contribution in [2.75, 3.05) is 13.1 Å². The fourth-order valence-electron chi connectivity index (χ4n) is 3.14. The number of benzene rings is 1. The van der Waals surface area contributed by atoms with E-state index in [0.717, 1.165) is 26.1 Å². The van der Waals surface area contributed by atoms with Crippen molar-refractivity contribution in [2.24, 2.45) is 5.92 Å². The SMILES string of the molecule is CCC(=O)N1CCC(NCc2cccc(C)c2C)C(C)C1. The Morgan fingerprint density at radius 1 is 1.38 bits per heavy atom. The molecule has 2 rings (SSSR count). The maximum Gasteiger partial charge on any atom is 0.222 e. The lowest BCUT2D eigenvalue weighted by molar-refractivity contribution is -0.132. The Bertz CT molecular complexity index is 498. The average Bonchev–Trinajstić information content (AvgIpc) is 2.49. The Balaban J connectivity index is 1.90. The topological polar surface area (TPSA) is 32.3 Å². The number of hydrogen-bond acceptors (Lipinski definition) is 2. The van der Waals surface area contributed by atoms with Gasteiger partial charge in [0.1, 0.15) is 0 Å². The third-order valence-corrected chi connectivity index (χ3v) is 4.83. The highest BCUT2D eigenvalue weighted by Gasteiger charge is 2.27. The second-order valence-electron chi connectivity index (χ2n) is 6.31. The molecule has 1 fully saturated rings. The van der Waals surface area contributed by atoms with E-state index in [9.17, 15) is 4.79 Å². The molecule has 0 aromatic heterocycles. The third kappa shape index (κ3) is 3.85. The van der Waals surface area contributed by atoms with E-state index in [2.05, 4.69) is 44.3 Å². The van der Waals surface area contributed by atoms with Crippen molar-refractivity contribution in [3.05, 3.63) is 34.9 Å². The van der Waals surface area contributed by atoms with Crippen LogP contribution in [0.4, 0.5) is 0 Å². The van der Waals surface area contributed by atoms with Crippen LogP contribution in [0.5, 0.6) is 0 Å². The van der Waals surface area contributed by atoms with Crippen molar-refractivity contribution >= 4 is 5.91 Å². The number of aryl methyl sites for hydroxylation is 1. The minimum Gasteiger partial charge on any atom is -0.342 e. The second-order valence-corrected chi connectivity index (χ2v) is 6.31. The summed E-state index contributed by atoms with van der Waals surface area (Å²) in [5.74, 6) is 0.800. The molecule has 0 radical (unpaired) electrons. The van der Waals surface area contributed by atoms with Gasteiger partial charge in [-0.3, -0.25) is 4.79 Å². The first-order chi connectivity index (χ1) is 10.0. The molecule has 1 aromatic carbocycles. The molecule has 1 saturated heterocycles. The Kier molecular flexibility index (Phi) is 5.40. The molecule has 21 heavy (non-hydrogen) atoms. The lowest BCUT2D eigenvalue weighted by Gasteiger charge is -2.37. The molecular formula is C18H28N2O. The van der Waals surface area contributed by atoms with Crippen molar-refractivity contribution in [2.45, 2.75) is 53.1 Å². The molecule has 0 saturated carbocycles. The van der Waals surface area contributed by atoms with Gasteiger partial charge < -0.3 is 10.2 Å². The minimum atomic E-state index is 0.287. The van der Waals surface area contributed by atoms with Crippen molar-refractivity contribution in [1.29, 1.82) is 0 Å². The predicted octanol–water partition coefficient (Wildman–Crippen LogP) is 3.04. The van der Waals surface area contributed by atoms with Crippen molar-refractivity contribution in [1.82, 2.24) is 10.2 Å². The van der Waals surface area contributed by atoms with E-state index in [-0.39, 0.29) is 5.91 Å². The first kappa shape index (κ1) is 16.0. The highest BCUT2D eigenvalue weighted by molar-refractivity contribution is 5.75. The number of likely N-dealkylation sites (tertiary alicyclic amines) is 1. The van der Waals surface area contributed by atoms with E-state index in [0.29, 0.717) is 18.4 Å². The normalized spacial score (nSPS) is 22.4. The number of carbonyl (C=O) groups is 1. The van der Waals surface area contributed by atoms with Crippen LogP contribution in [0.15, 0.2) is 18.2 Å². The first-order valence-electron chi connectivity index (χ1n) is 8.09. The lowest BCUT2D eigenvalue weighted by Crippen LogP contribution is -2.49. The van der Waals surface area contributed by atoms with Crippen LogP contribution in [0.2, 0.25) is 0 Å². The number of piperidine rings is 1. The molecule has 1 heterocycles. The van der Waals surface area contributed by atoms with Gasteiger partial charge in [0.25, 0.3) is 0 Å². The fourth-order valence-corrected chi connectivity index (χ4v) is 3.14. The molecule has 2 atom stereocenters. The van der Waals surface area contributed by atoms with Crippen LogP contribution in [0.1, 0.15) is 43.4 Å². The molecule has 1 aromatic rings. The van der Waals surface area contributed by atoms with E-state index >= 15 is 0 Å². The van der Waals surface area contributed by atoms with E-state index < -0.39 is 0 Å². The van der Waals surface area contributed by atoms with Crippen molar-refractivity contribution < 1.29 is 4.79 Å². The van der Waals surface area contributed by atoms with Gasteiger partial charge in [-0.05, 0) is 42.9 Å². The summed E-state index contributed by atoms with van der Waals surface area (Å²) in [5.41, 5.74) is 4.12. The molecule has 0 aliphatic carbocycles. The van der Waals surface area contributed by atoms with Crippen LogP contribution in [0, 0.1) is 19.8 Å². The molecule has 3 heteroatoms. The summed E-state index contributed by atoms with van der Waals surface area (Å²) in [6.07, 6.45) is 1.67. The van der Waals surface area contributed by atoms with Crippen molar-refractivity contribution in [3.63, 3.8) is 0 Å². The summed E-state index contributed by atoms with van der Waals surface area (Å²) in [6.45, 7) is 11.2. The molecule has 1 aliphatic heterocycles. The quantitative estimate of drug-likeness (QED) is 0.923. The van der Waals surface area contributed by atoms with Crippen LogP contribution in [-0.4, -0.2) is 29.9 Å². The smallest absolute Gasteiger partial charge is 0.222 e. The molecule has 116 valence electrons. The number of nitrogens with zero attached hydrogens (tertiary/aromatic N) is 1. The molecule has 2 unspecified atom stereocenters. The van der Waals surface area contributed by atoms with Crippen LogP contribution in [-0.2, 0) is 11.3 Å². The maximum atomic E-state index is 11.8. The van der Waals surface area contributed by atoms with E-state index in [1.54, 1.807) is 0 Å². The average molecular weight is 288 g/mol. The molecule has 1 N–H and O–H groups in total. The third-order valence-electron chi connectivity index (χ3n) is 4.83. The summed E-state index contributed by atoms with van der Waals surface area (Å²) in [6, 6.07) is 7.00. The van der Waals surface area contributed by atoms with Gasteiger partial charge in [0, 0.05) is 32.1 Å². The molecule has 3 nitrogen and oxygen atoms in total.